The predicted octanol–water partition coefficient (Wildman–Crippen LogP) is 5.40. The van der Waals surface area contributed by atoms with E-state index >= 15 is 0 Å². The van der Waals surface area contributed by atoms with Crippen LogP contribution in [-0.2, 0) is 35.4 Å². The lowest BCUT2D eigenvalue weighted by molar-refractivity contribution is -0.136. The number of carbonyl (C=O) groups is 3. The summed E-state index contributed by atoms with van der Waals surface area (Å²) in [6.45, 7) is 6.86. The summed E-state index contributed by atoms with van der Waals surface area (Å²) in [4.78, 5) is 43.7. The van der Waals surface area contributed by atoms with Gasteiger partial charge in [0, 0.05) is 74.1 Å². The molecule has 3 heterocycles. The molecule has 0 saturated carbocycles. The first kappa shape index (κ1) is 41.7. The van der Waals surface area contributed by atoms with Gasteiger partial charge in [-0.25, -0.2) is 8.42 Å². The highest BCUT2D eigenvalue weighted by atomic mass is 32.2. The van der Waals surface area contributed by atoms with Gasteiger partial charge in [0.15, 0.2) is 9.84 Å². The summed E-state index contributed by atoms with van der Waals surface area (Å²) in [7, 11) is -3.34. The molecule has 0 aliphatic carbocycles. The van der Waals surface area contributed by atoms with Gasteiger partial charge in [-0.1, -0.05) is 24.3 Å². The topological polar surface area (TPSA) is 164 Å². The van der Waals surface area contributed by atoms with E-state index < -0.39 is 21.8 Å². The lowest BCUT2D eigenvalue weighted by Crippen LogP contribution is -2.52. The third-order valence-corrected chi connectivity index (χ3v) is 12.4. The summed E-state index contributed by atoms with van der Waals surface area (Å²) >= 11 is 0. The van der Waals surface area contributed by atoms with Crippen molar-refractivity contribution in [1.29, 1.82) is 0 Å². The zero-order chi connectivity index (χ0) is 42.5. The average Bonchev–Trinajstić information content (AvgIpc) is 3.58. The van der Waals surface area contributed by atoms with E-state index in [-0.39, 0.29) is 28.9 Å². The van der Waals surface area contributed by atoms with Gasteiger partial charge in [0.1, 0.15) is 35.6 Å². The van der Waals surface area contributed by atoms with Gasteiger partial charge in [-0.05, 0) is 95.7 Å². The zero-order valence-electron chi connectivity index (χ0n) is 33.9. The van der Waals surface area contributed by atoms with E-state index in [1.54, 1.807) is 47.4 Å². The molecule has 0 radical (unpaired) electrons. The molecule has 0 bridgehead atoms. The zero-order valence-corrected chi connectivity index (χ0v) is 34.7. The maximum absolute atomic E-state index is 13.3. The van der Waals surface area contributed by atoms with Crippen LogP contribution in [0.15, 0.2) is 102 Å². The molecule has 318 valence electrons. The summed E-state index contributed by atoms with van der Waals surface area (Å²) in [6, 6.07) is 28.1. The van der Waals surface area contributed by atoms with Crippen molar-refractivity contribution in [3.8, 4) is 34.1 Å². The highest BCUT2D eigenvalue weighted by Crippen LogP contribution is 2.41. The molecule has 2 fully saturated rings. The first-order valence-electron chi connectivity index (χ1n) is 20.4. The Bertz CT molecular complexity index is 2520. The number of phenolic OH excluding ortho intramolecular Hbond substituents is 1. The summed E-state index contributed by atoms with van der Waals surface area (Å²) < 4.78 is 47.9. The summed E-state index contributed by atoms with van der Waals surface area (Å²) in [6.07, 6.45) is 1.76. The Balaban J connectivity index is 0.729. The van der Waals surface area contributed by atoms with Crippen LogP contribution in [0.3, 0.4) is 0 Å². The minimum absolute atomic E-state index is 0.142. The minimum Gasteiger partial charge on any atom is -0.508 e. The molecule has 5 aromatic rings. The Hall–Kier alpha value is -6.00. The number of ether oxygens (including phenoxy) is 4. The van der Waals surface area contributed by atoms with E-state index in [4.69, 9.17) is 18.9 Å². The van der Waals surface area contributed by atoms with Crippen LogP contribution in [0.4, 0.5) is 5.69 Å². The van der Waals surface area contributed by atoms with E-state index in [2.05, 4.69) is 15.1 Å². The number of anilines is 1. The highest BCUT2D eigenvalue weighted by molar-refractivity contribution is 7.90. The molecular formula is C46H48N4O10S. The third-order valence-electron chi connectivity index (χ3n) is 11.3. The first-order chi connectivity index (χ1) is 29.5. The number of sulfone groups is 1. The Morgan fingerprint density at radius 2 is 1.48 bits per heavy atom. The Morgan fingerprint density at radius 3 is 2.21 bits per heavy atom. The van der Waals surface area contributed by atoms with Gasteiger partial charge >= 0.3 is 0 Å². The van der Waals surface area contributed by atoms with Crippen LogP contribution in [0.2, 0.25) is 0 Å². The number of benzene rings is 5. The molecule has 61 heavy (non-hydrogen) atoms. The van der Waals surface area contributed by atoms with E-state index in [1.165, 1.54) is 6.26 Å². The monoisotopic (exact) mass is 848 g/mol. The highest BCUT2D eigenvalue weighted by Gasteiger charge is 2.39. The normalized spacial score (nSPS) is 17.1. The van der Waals surface area contributed by atoms with Crippen molar-refractivity contribution in [2.45, 2.75) is 30.3 Å². The number of phenols is 1. The first-order valence-corrected chi connectivity index (χ1v) is 22.3. The van der Waals surface area contributed by atoms with Crippen LogP contribution in [0, 0.1) is 0 Å². The number of rotatable bonds is 16. The van der Waals surface area contributed by atoms with Gasteiger partial charge < -0.3 is 33.9 Å². The van der Waals surface area contributed by atoms with Gasteiger partial charge in [-0.2, -0.15) is 0 Å². The van der Waals surface area contributed by atoms with Crippen molar-refractivity contribution < 1.29 is 46.9 Å². The molecule has 0 aromatic heterocycles. The third kappa shape index (κ3) is 9.81. The molecule has 2 saturated heterocycles. The molecule has 1 atom stereocenters. The van der Waals surface area contributed by atoms with Crippen LogP contribution in [0.5, 0.6) is 23.0 Å². The van der Waals surface area contributed by atoms with Crippen molar-refractivity contribution in [3.05, 3.63) is 108 Å². The average molecular weight is 849 g/mol. The number of piperidine rings is 1. The van der Waals surface area contributed by atoms with Crippen LogP contribution in [-0.4, -0.2) is 119 Å². The Kier molecular flexibility index (Phi) is 12.5. The molecule has 14 nitrogen and oxygen atoms in total. The van der Waals surface area contributed by atoms with E-state index in [0.29, 0.717) is 68.8 Å². The maximum atomic E-state index is 13.3. The number of hydrogen-bond acceptors (Lipinski definition) is 12. The SMILES string of the molecule is CS(=O)(=O)c1ccc(-c2ccc3cc(O)ccc3c2Oc2ccc(OCCOCCOCCN3CCN(c4ccc5c(c4)C(=O)N(C4CCC(=O)NC4=O)C5)CC3)cc2)cc1. The fraction of sp³-hybridized carbons (Fsp3) is 0.326. The molecule has 3 aliphatic heterocycles. The van der Waals surface area contributed by atoms with Gasteiger partial charge in [-0.3, -0.25) is 24.6 Å². The van der Waals surface area contributed by atoms with E-state index in [1.807, 2.05) is 54.6 Å². The number of hydrogen-bond donors (Lipinski definition) is 2. The predicted molar refractivity (Wildman–Crippen MR) is 229 cm³/mol. The summed E-state index contributed by atoms with van der Waals surface area (Å²) in [5.41, 5.74) is 4.08. The number of fused-ring (bicyclic) bond motifs is 2. The fourth-order valence-corrected chi connectivity index (χ4v) is 8.56. The molecule has 3 aliphatic rings. The Labute approximate surface area is 354 Å². The van der Waals surface area contributed by atoms with Crippen LogP contribution in [0.25, 0.3) is 21.9 Å². The number of nitrogens with zero attached hydrogens (tertiary/aromatic N) is 3. The molecule has 8 rings (SSSR count). The Morgan fingerprint density at radius 1 is 0.754 bits per heavy atom. The molecule has 0 spiro atoms. The minimum atomic E-state index is -3.34. The lowest BCUT2D eigenvalue weighted by atomic mass is 9.99. The van der Waals surface area contributed by atoms with Gasteiger partial charge in [-0.15, -0.1) is 0 Å². The lowest BCUT2D eigenvalue weighted by Gasteiger charge is -2.36. The molecule has 5 aromatic carbocycles. The number of imide groups is 1. The fourth-order valence-electron chi connectivity index (χ4n) is 7.93. The standard InChI is InChI=1S/C46H48N4O10S/c1-61(55,56)38-12-3-31(4-13-38)39-14-5-32-28-35(51)7-15-40(32)44(39)60-37-10-8-36(9-11-37)59-27-26-58-25-24-57-23-22-48-18-20-49(21-19-48)34-6-2-33-30-50(46(54)41(33)29-34)42-16-17-43(52)47-45(42)53/h2-15,28-29,42,51H,16-27,30H2,1H3,(H,47,52,53). The van der Waals surface area contributed by atoms with E-state index in [0.717, 1.165) is 65.9 Å². The summed E-state index contributed by atoms with van der Waals surface area (Å²) in [5, 5.41) is 14.0. The van der Waals surface area contributed by atoms with Crippen molar-refractivity contribution in [1.82, 2.24) is 15.1 Å². The van der Waals surface area contributed by atoms with Crippen molar-refractivity contribution in [2.24, 2.45) is 0 Å². The number of aromatic hydroxyl groups is 1. The number of piperazine rings is 1. The van der Waals surface area contributed by atoms with E-state index in [9.17, 15) is 27.9 Å². The second-order valence-electron chi connectivity index (χ2n) is 15.4. The van der Waals surface area contributed by atoms with Crippen LogP contribution >= 0.6 is 0 Å². The largest absolute Gasteiger partial charge is 0.508 e. The number of carbonyl (C=O) groups excluding carboxylic acids is 3. The number of amides is 3. The van der Waals surface area contributed by atoms with Crippen molar-refractivity contribution >= 4 is 44.0 Å². The van der Waals surface area contributed by atoms with Crippen LogP contribution < -0.4 is 19.7 Å². The number of nitrogens with one attached hydrogen (secondary N) is 1. The van der Waals surface area contributed by atoms with Gasteiger partial charge in [0.05, 0.1) is 31.3 Å². The van der Waals surface area contributed by atoms with Crippen LogP contribution in [0.1, 0.15) is 28.8 Å². The molecule has 3 amide bonds. The van der Waals surface area contributed by atoms with Gasteiger partial charge in [0.2, 0.25) is 11.8 Å². The smallest absolute Gasteiger partial charge is 0.255 e. The molecule has 1 unspecified atom stereocenters. The van der Waals surface area contributed by atoms with Crippen molar-refractivity contribution in [2.75, 3.05) is 76.9 Å². The second-order valence-corrected chi connectivity index (χ2v) is 17.4. The van der Waals surface area contributed by atoms with Crippen molar-refractivity contribution in [3.63, 3.8) is 0 Å². The molecular weight excluding hydrogens is 801 g/mol. The maximum Gasteiger partial charge on any atom is 0.255 e. The molecule has 15 heteroatoms. The second kappa shape index (κ2) is 18.3. The molecule has 2 N–H and O–H groups in total. The van der Waals surface area contributed by atoms with Gasteiger partial charge in [0.25, 0.3) is 5.91 Å². The summed E-state index contributed by atoms with van der Waals surface area (Å²) in [5.74, 6) is 1.10. The quantitative estimate of drug-likeness (QED) is 0.0962.